The predicted molar refractivity (Wildman–Crippen MR) is 76.6 cm³/mol. The van der Waals surface area contributed by atoms with E-state index < -0.39 is 0 Å². The van der Waals surface area contributed by atoms with Crippen LogP contribution in [-0.2, 0) is 6.42 Å². The Balaban J connectivity index is 2.00. The zero-order chi connectivity index (χ0) is 14.0. The van der Waals surface area contributed by atoms with E-state index >= 15 is 0 Å². The SMILES string of the molecule is CC(C)(C)CC(N)CC(=O)c1ccc2c(c1)CCO2. The average molecular weight is 261 g/mol. The van der Waals surface area contributed by atoms with Crippen molar-refractivity contribution >= 4 is 5.78 Å². The molecule has 1 aromatic carbocycles. The average Bonchev–Trinajstić information content (AvgIpc) is 2.72. The van der Waals surface area contributed by atoms with Gasteiger partial charge in [0.15, 0.2) is 5.78 Å². The van der Waals surface area contributed by atoms with E-state index in [9.17, 15) is 4.79 Å². The number of hydrogen-bond donors (Lipinski definition) is 1. The first kappa shape index (κ1) is 14.1. The summed E-state index contributed by atoms with van der Waals surface area (Å²) in [5.74, 6) is 1.04. The van der Waals surface area contributed by atoms with Crippen molar-refractivity contribution in [1.29, 1.82) is 0 Å². The number of ether oxygens (including phenoxy) is 1. The highest BCUT2D eigenvalue weighted by atomic mass is 16.5. The van der Waals surface area contributed by atoms with E-state index in [-0.39, 0.29) is 17.2 Å². The van der Waals surface area contributed by atoms with Crippen molar-refractivity contribution in [2.24, 2.45) is 11.1 Å². The third-order valence-electron chi connectivity index (χ3n) is 3.33. The second-order valence-electron chi connectivity index (χ2n) is 6.57. The molecule has 3 heteroatoms. The lowest BCUT2D eigenvalue weighted by molar-refractivity contribution is 0.0968. The van der Waals surface area contributed by atoms with Crippen molar-refractivity contribution in [2.45, 2.75) is 46.1 Å². The van der Waals surface area contributed by atoms with Gasteiger partial charge in [0.25, 0.3) is 0 Å². The fraction of sp³-hybridized carbons (Fsp3) is 0.562. The molecule has 104 valence electrons. The summed E-state index contributed by atoms with van der Waals surface area (Å²) in [4.78, 5) is 12.2. The molecule has 2 N–H and O–H groups in total. The number of hydrogen-bond acceptors (Lipinski definition) is 3. The highest BCUT2D eigenvalue weighted by Gasteiger charge is 2.20. The molecule has 19 heavy (non-hydrogen) atoms. The van der Waals surface area contributed by atoms with E-state index in [0.29, 0.717) is 6.42 Å². The van der Waals surface area contributed by atoms with Gasteiger partial charge in [0.1, 0.15) is 5.75 Å². The van der Waals surface area contributed by atoms with Gasteiger partial charge in [0, 0.05) is 24.4 Å². The normalized spacial score (nSPS) is 15.8. The van der Waals surface area contributed by atoms with E-state index in [2.05, 4.69) is 20.8 Å². The highest BCUT2D eigenvalue weighted by Crippen LogP contribution is 2.27. The highest BCUT2D eigenvalue weighted by molar-refractivity contribution is 5.96. The fourth-order valence-electron chi connectivity index (χ4n) is 2.57. The van der Waals surface area contributed by atoms with Gasteiger partial charge in [-0.15, -0.1) is 0 Å². The molecule has 0 spiro atoms. The molecule has 0 radical (unpaired) electrons. The molecule has 0 saturated heterocycles. The van der Waals surface area contributed by atoms with Crippen molar-refractivity contribution in [1.82, 2.24) is 0 Å². The monoisotopic (exact) mass is 261 g/mol. The van der Waals surface area contributed by atoms with Crippen LogP contribution >= 0.6 is 0 Å². The molecular weight excluding hydrogens is 238 g/mol. The number of nitrogens with two attached hydrogens (primary N) is 1. The summed E-state index contributed by atoms with van der Waals surface area (Å²) in [6.07, 6.45) is 2.16. The van der Waals surface area contributed by atoms with Gasteiger partial charge in [-0.3, -0.25) is 4.79 Å². The summed E-state index contributed by atoms with van der Waals surface area (Å²) in [6.45, 7) is 7.15. The molecule has 3 nitrogen and oxygen atoms in total. The predicted octanol–water partition coefficient (Wildman–Crippen LogP) is 2.96. The Hall–Kier alpha value is -1.35. The van der Waals surface area contributed by atoms with Gasteiger partial charge in [-0.2, -0.15) is 0 Å². The van der Waals surface area contributed by atoms with E-state index in [0.717, 1.165) is 36.3 Å². The van der Waals surface area contributed by atoms with Crippen LogP contribution in [0.15, 0.2) is 18.2 Å². The maximum absolute atomic E-state index is 12.2. The summed E-state index contributed by atoms with van der Waals surface area (Å²) >= 11 is 0. The van der Waals surface area contributed by atoms with Crippen LogP contribution in [0.2, 0.25) is 0 Å². The number of rotatable bonds is 4. The molecule has 1 aromatic rings. The summed E-state index contributed by atoms with van der Waals surface area (Å²) < 4.78 is 5.44. The van der Waals surface area contributed by atoms with Gasteiger partial charge in [-0.1, -0.05) is 20.8 Å². The minimum absolute atomic E-state index is 0.0722. The van der Waals surface area contributed by atoms with Crippen molar-refractivity contribution in [3.8, 4) is 5.75 Å². The zero-order valence-corrected chi connectivity index (χ0v) is 12.0. The molecular formula is C16H23NO2. The Morgan fingerprint density at radius 1 is 1.42 bits per heavy atom. The molecule has 1 heterocycles. The van der Waals surface area contributed by atoms with Crippen LogP contribution in [0.25, 0.3) is 0 Å². The van der Waals surface area contributed by atoms with Crippen molar-refractivity contribution < 1.29 is 9.53 Å². The fourth-order valence-corrected chi connectivity index (χ4v) is 2.57. The third kappa shape index (κ3) is 3.80. The largest absolute Gasteiger partial charge is 0.493 e. The van der Waals surface area contributed by atoms with Crippen molar-refractivity contribution in [2.75, 3.05) is 6.61 Å². The van der Waals surface area contributed by atoms with Crippen LogP contribution in [-0.4, -0.2) is 18.4 Å². The Bertz CT molecular complexity index is 474. The summed E-state index contributed by atoms with van der Waals surface area (Å²) in [7, 11) is 0. The van der Waals surface area contributed by atoms with Crippen LogP contribution < -0.4 is 10.5 Å². The quantitative estimate of drug-likeness (QED) is 0.848. The van der Waals surface area contributed by atoms with Crippen LogP contribution in [0, 0.1) is 5.41 Å². The van der Waals surface area contributed by atoms with Gasteiger partial charge >= 0.3 is 0 Å². The molecule has 1 aliphatic heterocycles. The number of fused-ring (bicyclic) bond motifs is 1. The second kappa shape index (κ2) is 5.33. The number of carbonyl (C=O) groups excluding carboxylic acids is 1. The van der Waals surface area contributed by atoms with Crippen molar-refractivity contribution in [3.63, 3.8) is 0 Å². The maximum atomic E-state index is 12.2. The van der Waals surface area contributed by atoms with E-state index in [1.54, 1.807) is 0 Å². The first-order chi connectivity index (χ1) is 8.85. The second-order valence-corrected chi connectivity index (χ2v) is 6.57. The lowest BCUT2D eigenvalue weighted by Crippen LogP contribution is -2.29. The molecule has 0 bridgehead atoms. The van der Waals surface area contributed by atoms with Gasteiger partial charge < -0.3 is 10.5 Å². The maximum Gasteiger partial charge on any atom is 0.164 e. The first-order valence-electron chi connectivity index (χ1n) is 6.90. The Morgan fingerprint density at radius 2 is 2.16 bits per heavy atom. The van der Waals surface area contributed by atoms with Crippen LogP contribution in [0.3, 0.4) is 0 Å². The topological polar surface area (TPSA) is 52.3 Å². The summed E-state index contributed by atoms with van der Waals surface area (Å²) in [5.41, 5.74) is 8.12. The molecule has 1 atom stereocenters. The molecule has 1 unspecified atom stereocenters. The Kier molecular flexibility index (Phi) is 3.95. The molecule has 0 saturated carbocycles. The lowest BCUT2D eigenvalue weighted by Gasteiger charge is -2.22. The number of carbonyl (C=O) groups is 1. The molecule has 0 fully saturated rings. The number of benzene rings is 1. The minimum atomic E-state index is -0.0722. The Labute approximate surface area is 115 Å². The summed E-state index contributed by atoms with van der Waals surface area (Å²) in [5, 5.41) is 0. The minimum Gasteiger partial charge on any atom is -0.493 e. The molecule has 0 amide bonds. The van der Waals surface area contributed by atoms with Crippen molar-refractivity contribution in [3.05, 3.63) is 29.3 Å². The number of Topliss-reactive ketones (excluding diaryl/α,β-unsaturated/α-hetero) is 1. The molecule has 0 aliphatic carbocycles. The number of ketones is 1. The zero-order valence-electron chi connectivity index (χ0n) is 12.0. The first-order valence-corrected chi connectivity index (χ1v) is 6.90. The molecule has 1 aliphatic rings. The molecule has 2 rings (SSSR count). The van der Waals surface area contributed by atoms with Crippen LogP contribution in [0.1, 0.15) is 49.5 Å². The van der Waals surface area contributed by atoms with E-state index in [4.69, 9.17) is 10.5 Å². The van der Waals surface area contributed by atoms with E-state index in [1.807, 2.05) is 18.2 Å². The van der Waals surface area contributed by atoms with Gasteiger partial charge in [-0.25, -0.2) is 0 Å². The Morgan fingerprint density at radius 3 is 2.84 bits per heavy atom. The van der Waals surface area contributed by atoms with Gasteiger partial charge in [0.2, 0.25) is 0 Å². The summed E-state index contributed by atoms with van der Waals surface area (Å²) in [6, 6.07) is 5.62. The lowest BCUT2D eigenvalue weighted by atomic mass is 9.86. The standard InChI is InChI=1S/C16H23NO2/c1-16(2,3)10-13(17)9-14(18)11-4-5-15-12(8-11)6-7-19-15/h4-5,8,13H,6-7,9-10,17H2,1-3H3. The smallest absolute Gasteiger partial charge is 0.164 e. The van der Waals surface area contributed by atoms with Crippen LogP contribution in [0.4, 0.5) is 0 Å². The van der Waals surface area contributed by atoms with Gasteiger partial charge in [0.05, 0.1) is 6.61 Å². The van der Waals surface area contributed by atoms with E-state index in [1.165, 1.54) is 0 Å². The van der Waals surface area contributed by atoms with Crippen LogP contribution in [0.5, 0.6) is 5.75 Å². The van der Waals surface area contributed by atoms with Gasteiger partial charge in [-0.05, 0) is 35.6 Å². The molecule has 0 aromatic heterocycles. The third-order valence-corrected chi connectivity index (χ3v) is 3.33.